The smallest absolute Gasteiger partial charge is 0.311 e. The first-order valence-corrected chi connectivity index (χ1v) is 22.3. The van der Waals surface area contributed by atoms with Gasteiger partial charge in [-0.15, -0.1) is 0 Å². The molecule has 3 rings (SSSR count). The number of carboxylic acids is 1. The molecule has 0 radical (unpaired) electrons. The molecule has 18 heteroatoms. The molecule has 2 saturated heterocycles. The van der Waals surface area contributed by atoms with Crippen molar-refractivity contribution in [1.82, 2.24) is 0 Å². The topological polar surface area (TPSA) is 320 Å². The van der Waals surface area contributed by atoms with Crippen LogP contribution in [0.4, 0.5) is 0 Å². The zero-order chi connectivity index (χ0) is 48.4. The van der Waals surface area contributed by atoms with E-state index in [1.165, 1.54) is 13.0 Å². The van der Waals surface area contributed by atoms with Crippen LogP contribution >= 0.6 is 0 Å². The third-order valence-electron chi connectivity index (χ3n) is 12.0. The minimum absolute atomic E-state index is 0.107. The average Bonchev–Trinajstić information content (AvgIpc) is 3.21. The highest BCUT2D eigenvalue weighted by Gasteiger charge is 2.51. The number of aliphatic carboxylic acids is 1. The van der Waals surface area contributed by atoms with Crippen LogP contribution in [0.15, 0.2) is 85.1 Å². The molecule has 3 aliphatic heterocycles. The fourth-order valence-corrected chi connectivity index (χ4v) is 7.97. The lowest BCUT2D eigenvalue weighted by atomic mass is 9.82. The number of carbonyl (C=O) groups is 2. The number of aliphatic hydroxyl groups excluding tert-OH is 9. The van der Waals surface area contributed by atoms with Crippen LogP contribution in [0, 0.1) is 17.8 Å². The van der Waals surface area contributed by atoms with Crippen LogP contribution in [0.25, 0.3) is 0 Å². The number of carbonyl (C=O) groups excluding carboxylic acids is 1. The molecule has 0 aromatic heterocycles. The Balaban J connectivity index is 1.86. The Morgan fingerprint density at radius 3 is 1.82 bits per heavy atom. The number of hydrogen-bond acceptors (Lipinski definition) is 17. The Morgan fingerprint density at radius 1 is 0.662 bits per heavy atom. The number of rotatable bonds is 3. The van der Waals surface area contributed by atoms with Crippen molar-refractivity contribution < 1.29 is 84.7 Å². The molecule has 2 bridgehead atoms. The summed E-state index contributed by atoms with van der Waals surface area (Å²) in [6, 6.07) is -1.15. The number of fused-ring (bicyclic) bond motifs is 2. The maximum absolute atomic E-state index is 12.6. The summed E-state index contributed by atoms with van der Waals surface area (Å²) < 4.78 is 23.1. The van der Waals surface area contributed by atoms with E-state index < -0.39 is 147 Å². The fourth-order valence-electron chi connectivity index (χ4n) is 7.97. The second-order valence-electron chi connectivity index (χ2n) is 17.6. The number of esters is 1. The van der Waals surface area contributed by atoms with Crippen molar-refractivity contribution in [3.05, 3.63) is 85.1 Å². The molecule has 13 N–H and O–H groups in total. The Labute approximate surface area is 381 Å². The summed E-state index contributed by atoms with van der Waals surface area (Å²) in [6.45, 7) is 6.74. The third-order valence-corrected chi connectivity index (χ3v) is 12.0. The van der Waals surface area contributed by atoms with Gasteiger partial charge in [-0.25, -0.2) is 0 Å². The molecule has 19 atom stereocenters. The van der Waals surface area contributed by atoms with E-state index >= 15 is 0 Å². The van der Waals surface area contributed by atoms with Gasteiger partial charge >= 0.3 is 11.9 Å². The van der Waals surface area contributed by atoms with Crippen LogP contribution in [-0.4, -0.2) is 166 Å². The molecule has 65 heavy (non-hydrogen) atoms. The Kier molecular flexibility index (Phi) is 23.6. The third kappa shape index (κ3) is 18.6. The Morgan fingerprint density at radius 2 is 1.23 bits per heavy atom. The van der Waals surface area contributed by atoms with Crippen LogP contribution < -0.4 is 5.73 Å². The van der Waals surface area contributed by atoms with Gasteiger partial charge in [-0.1, -0.05) is 98.9 Å². The van der Waals surface area contributed by atoms with Gasteiger partial charge in [0.15, 0.2) is 12.1 Å². The lowest BCUT2D eigenvalue weighted by molar-refractivity contribution is -0.308. The van der Waals surface area contributed by atoms with Gasteiger partial charge in [0.25, 0.3) is 0 Å². The van der Waals surface area contributed by atoms with Crippen LogP contribution in [0.3, 0.4) is 0 Å². The summed E-state index contributed by atoms with van der Waals surface area (Å²) in [4.78, 5) is 25.1. The summed E-state index contributed by atoms with van der Waals surface area (Å²) >= 11 is 0. The van der Waals surface area contributed by atoms with Crippen molar-refractivity contribution >= 4 is 11.9 Å². The zero-order valence-corrected chi connectivity index (χ0v) is 37.6. The van der Waals surface area contributed by atoms with Gasteiger partial charge in [-0.3, -0.25) is 9.59 Å². The van der Waals surface area contributed by atoms with E-state index in [1.54, 1.807) is 80.7 Å². The van der Waals surface area contributed by atoms with Crippen molar-refractivity contribution in [3.63, 3.8) is 0 Å². The highest BCUT2D eigenvalue weighted by molar-refractivity contribution is 5.71. The first-order valence-electron chi connectivity index (χ1n) is 22.3. The van der Waals surface area contributed by atoms with Crippen LogP contribution in [-0.2, 0) is 28.5 Å². The molecule has 3 aliphatic rings. The predicted molar refractivity (Wildman–Crippen MR) is 237 cm³/mol. The van der Waals surface area contributed by atoms with E-state index in [1.807, 2.05) is 19.1 Å². The van der Waals surface area contributed by atoms with Gasteiger partial charge in [-0.05, 0) is 33.1 Å². The van der Waals surface area contributed by atoms with E-state index in [0.29, 0.717) is 0 Å². The van der Waals surface area contributed by atoms with Gasteiger partial charge in [0.05, 0.1) is 79.6 Å². The zero-order valence-electron chi connectivity index (χ0n) is 37.6. The second-order valence-corrected chi connectivity index (χ2v) is 17.6. The highest BCUT2D eigenvalue weighted by atomic mass is 16.7. The molecule has 0 unspecified atom stereocenters. The lowest BCUT2D eigenvalue weighted by Crippen LogP contribution is -2.61. The minimum Gasteiger partial charge on any atom is -0.481 e. The van der Waals surface area contributed by atoms with Crippen LogP contribution in [0.1, 0.15) is 79.1 Å². The average molecular weight is 924 g/mol. The summed E-state index contributed by atoms with van der Waals surface area (Å²) in [5, 5.41) is 118. The molecular formula is C47H73NO17. The quantitative estimate of drug-likeness (QED) is 0.174. The largest absolute Gasteiger partial charge is 0.481 e. The SMILES string of the molecule is C[C@@H]1[C@H](O)[C@H](C)C=CC=CC=CC=CC=CC=CC=C[C@H](O[C@@H]2O[C@H](C)[C@H](O)[C@H](N)[C@@H]2O)C[C@H]2O[C@@](O)(C[C@H](O)C[C@H](O)[C@H](O)CC[C@H](O)C[C@H](O)CC(=O)O[C@@H]1C)C[C@H](O)[C@@H]2C(=O)O. The summed E-state index contributed by atoms with van der Waals surface area (Å²) in [6.07, 6.45) is 3.46. The molecule has 2 fully saturated rings. The number of nitrogens with two attached hydrogens (primary N) is 1. The molecule has 0 aromatic carbocycles. The molecule has 368 valence electrons. The van der Waals surface area contributed by atoms with Gasteiger partial charge < -0.3 is 80.9 Å². The summed E-state index contributed by atoms with van der Waals surface area (Å²) in [5.41, 5.74) is 6.02. The maximum Gasteiger partial charge on any atom is 0.311 e. The number of hydrogen-bond donors (Lipinski definition) is 12. The molecule has 0 aliphatic carbocycles. The number of carboxylic acid groups (broad SMARTS) is 1. The van der Waals surface area contributed by atoms with Gasteiger partial charge in [0.1, 0.15) is 18.1 Å². The highest BCUT2D eigenvalue weighted by Crippen LogP contribution is 2.38. The molecule has 18 nitrogen and oxygen atoms in total. The first-order chi connectivity index (χ1) is 30.6. The number of allylic oxidation sites excluding steroid dienone is 12. The van der Waals surface area contributed by atoms with Crippen LogP contribution in [0.2, 0.25) is 0 Å². The van der Waals surface area contributed by atoms with Crippen molar-refractivity contribution in [2.45, 2.75) is 177 Å². The van der Waals surface area contributed by atoms with E-state index in [4.69, 9.17) is 24.7 Å². The monoisotopic (exact) mass is 923 g/mol. The van der Waals surface area contributed by atoms with E-state index in [-0.39, 0.29) is 31.6 Å². The van der Waals surface area contributed by atoms with Crippen molar-refractivity contribution in [2.24, 2.45) is 23.5 Å². The molecule has 0 spiro atoms. The van der Waals surface area contributed by atoms with Crippen molar-refractivity contribution in [3.8, 4) is 0 Å². The molecule has 0 aromatic rings. The lowest BCUT2D eigenvalue weighted by Gasteiger charge is -2.45. The summed E-state index contributed by atoms with van der Waals surface area (Å²) in [5.74, 6) is -6.83. The fraction of sp³-hybridized carbons (Fsp3) is 0.660. The first kappa shape index (κ1) is 55.9. The second kappa shape index (κ2) is 27.4. The van der Waals surface area contributed by atoms with E-state index in [2.05, 4.69) is 0 Å². The number of aliphatic hydroxyl groups is 10. The minimum atomic E-state index is -2.33. The number of ether oxygens (including phenoxy) is 4. The molecular weight excluding hydrogens is 851 g/mol. The van der Waals surface area contributed by atoms with Crippen molar-refractivity contribution in [2.75, 3.05) is 0 Å². The molecule has 3 heterocycles. The van der Waals surface area contributed by atoms with Crippen LogP contribution in [0.5, 0.6) is 0 Å². The summed E-state index contributed by atoms with van der Waals surface area (Å²) in [7, 11) is 0. The normalized spacial score (nSPS) is 42.0. The number of cyclic esters (lactones) is 1. The van der Waals surface area contributed by atoms with E-state index in [9.17, 15) is 65.8 Å². The molecule has 0 amide bonds. The Hall–Kier alpha value is -3.44. The maximum atomic E-state index is 12.6. The Bertz CT molecular complexity index is 1670. The van der Waals surface area contributed by atoms with Gasteiger partial charge in [0.2, 0.25) is 0 Å². The molecule has 0 saturated carbocycles. The standard InChI is InChI=1S/C47H73NO17/c1-27-17-15-13-11-9-7-5-6-8-10-12-14-16-18-34(64-46-44(58)41(48)43(57)30(4)63-46)24-38-40(45(59)60)37(54)26-47(61,65-38)25-33(51)22-36(53)35(52)20-19-31(49)21-32(50)23-39(55)62-29(3)28(2)42(27)56/h5-18,27-38,40-44,46,49-54,56-58,61H,19-26,48H2,1-4H3,(H,59,60)/t27-,28+,29-,30-,31+,32+,33-,34+,35-,36+,37+,38-,40+,41+,42-,43+,44+,46+,47+/m1/s1. The van der Waals surface area contributed by atoms with Gasteiger partial charge in [0, 0.05) is 37.5 Å². The van der Waals surface area contributed by atoms with Gasteiger partial charge in [-0.2, -0.15) is 0 Å². The van der Waals surface area contributed by atoms with E-state index in [0.717, 1.165) is 0 Å². The van der Waals surface area contributed by atoms with Crippen molar-refractivity contribution in [1.29, 1.82) is 0 Å². The predicted octanol–water partition coefficient (Wildman–Crippen LogP) is 0.712.